The molecule has 0 aliphatic carbocycles. The first-order valence-corrected chi connectivity index (χ1v) is 14.9. The first-order valence-electron chi connectivity index (χ1n) is 9.28. The molecule has 12 heteroatoms. The van der Waals surface area contributed by atoms with Crippen molar-refractivity contribution in [2.24, 2.45) is 7.05 Å². The summed E-state index contributed by atoms with van der Waals surface area (Å²) < 4.78 is 17.8. The zero-order valence-corrected chi connectivity index (χ0v) is 21.4. The number of nitrogens with zero attached hydrogens (tertiary/aromatic N) is 6. The Kier molecular flexibility index (Phi) is 6.18. The fourth-order valence-corrected chi connectivity index (χ4v) is 5.87. The second kappa shape index (κ2) is 8.71. The number of hydrogen-bond acceptors (Lipinski definition) is 6. The first-order chi connectivity index (χ1) is 14.8. The van der Waals surface area contributed by atoms with Crippen LogP contribution in [0.15, 0.2) is 36.7 Å². The van der Waals surface area contributed by atoms with Crippen LogP contribution >= 0.6 is 28.4 Å². The zero-order chi connectivity index (χ0) is 22.3. The summed E-state index contributed by atoms with van der Waals surface area (Å²) in [6, 6.07) is 7.75. The summed E-state index contributed by atoms with van der Waals surface area (Å²) in [5, 5.41) is 7.70. The lowest BCUT2D eigenvalue weighted by Gasteiger charge is -2.21. The molecule has 31 heavy (non-hydrogen) atoms. The van der Waals surface area contributed by atoms with Crippen molar-refractivity contribution in [3.8, 4) is 11.1 Å². The average molecular weight is 568 g/mol. The predicted octanol–water partition coefficient (Wildman–Crippen LogP) is 3.99. The van der Waals surface area contributed by atoms with Gasteiger partial charge in [-0.1, -0.05) is 6.07 Å². The number of fused-ring (bicyclic) bond motifs is 1. The van der Waals surface area contributed by atoms with Gasteiger partial charge in [0, 0.05) is 38.2 Å². The SMILES string of the molecule is Cc1nc2c(Nc3ccc(-c4cnn(C)c4)cc3N(C)S(C)=O)cc(N)nc2n1PI. The molecule has 0 spiro atoms. The monoisotopic (exact) mass is 568 g/mol. The van der Waals surface area contributed by atoms with Crippen molar-refractivity contribution in [1.82, 2.24) is 24.1 Å². The quantitative estimate of drug-likeness (QED) is 0.269. The van der Waals surface area contributed by atoms with Crippen LogP contribution < -0.4 is 15.4 Å². The molecule has 0 saturated heterocycles. The largest absolute Gasteiger partial charge is 0.384 e. The maximum Gasteiger partial charge on any atom is 0.168 e. The normalized spacial score (nSPS) is 12.7. The molecule has 0 aliphatic rings. The lowest BCUT2D eigenvalue weighted by atomic mass is 10.1. The minimum Gasteiger partial charge on any atom is -0.384 e. The molecule has 9 nitrogen and oxygen atoms in total. The average Bonchev–Trinajstić information content (AvgIpc) is 3.30. The number of nitrogens with one attached hydrogen (secondary N) is 1. The molecule has 162 valence electrons. The molecule has 2 unspecified atom stereocenters. The second-order valence-corrected chi connectivity index (χ2v) is 10.5. The molecule has 0 radical (unpaired) electrons. The fraction of sp³-hybridized carbons (Fsp3) is 0.211. The van der Waals surface area contributed by atoms with E-state index in [0.29, 0.717) is 12.2 Å². The molecule has 0 amide bonds. The maximum absolute atomic E-state index is 12.3. The van der Waals surface area contributed by atoms with Gasteiger partial charge < -0.3 is 11.1 Å². The van der Waals surface area contributed by atoms with Gasteiger partial charge in [-0.05, 0) is 46.7 Å². The number of nitrogen functional groups attached to an aromatic ring is 1. The molecule has 4 aromatic rings. The number of pyridine rings is 1. The van der Waals surface area contributed by atoms with Gasteiger partial charge in [-0.15, -0.1) is 0 Å². The molecule has 0 fully saturated rings. The number of aromatic nitrogens is 5. The van der Waals surface area contributed by atoms with E-state index in [2.05, 4.69) is 37.4 Å². The van der Waals surface area contributed by atoms with Gasteiger partial charge in [0.1, 0.15) is 28.1 Å². The Bertz CT molecular complexity index is 1300. The van der Waals surface area contributed by atoms with Crippen LogP contribution in [-0.4, -0.2) is 41.6 Å². The lowest BCUT2D eigenvalue weighted by molar-refractivity contribution is 0.685. The van der Waals surface area contributed by atoms with Gasteiger partial charge in [0.2, 0.25) is 0 Å². The van der Waals surface area contributed by atoms with Crippen molar-refractivity contribution in [3.05, 3.63) is 42.5 Å². The third-order valence-corrected chi connectivity index (χ3v) is 8.04. The van der Waals surface area contributed by atoms with Crippen molar-refractivity contribution < 1.29 is 4.21 Å². The van der Waals surface area contributed by atoms with Crippen LogP contribution in [0.1, 0.15) is 5.82 Å². The molecule has 1 aromatic carbocycles. The lowest BCUT2D eigenvalue weighted by Crippen LogP contribution is -2.20. The van der Waals surface area contributed by atoms with E-state index in [9.17, 15) is 4.21 Å². The molecule has 3 aromatic heterocycles. The van der Waals surface area contributed by atoms with E-state index in [1.165, 1.54) is 0 Å². The third-order valence-electron chi connectivity index (χ3n) is 4.92. The molecular weight excluding hydrogens is 546 g/mol. The van der Waals surface area contributed by atoms with Crippen molar-refractivity contribution in [2.75, 3.05) is 28.7 Å². The van der Waals surface area contributed by atoms with Crippen molar-refractivity contribution >= 4 is 73.4 Å². The van der Waals surface area contributed by atoms with E-state index < -0.39 is 11.0 Å². The zero-order valence-electron chi connectivity index (χ0n) is 17.4. The first kappa shape index (κ1) is 22.0. The highest BCUT2D eigenvalue weighted by Crippen LogP contribution is 2.38. The summed E-state index contributed by atoms with van der Waals surface area (Å²) in [6.07, 6.45) is 5.87. The maximum atomic E-state index is 12.3. The number of anilines is 4. The van der Waals surface area contributed by atoms with Crippen LogP contribution in [0.25, 0.3) is 22.3 Å². The van der Waals surface area contributed by atoms with E-state index in [4.69, 9.17) is 10.7 Å². The topological polar surface area (TPSA) is 107 Å². The van der Waals surface area contributed by atoms with Crippen LogP contribution in [-0.2, 0) is 18.0 Å². The van der Waals surface area contributed by atoms with Crippen LogP contribution in [0.3, 0.4) is 0 Å². The van der Waals surface area contributed by atoms with Crippen molar-refractivity contribution in [1.29, 1.82) is 0 Å². The van der Waals surface area contributed by atoms with Crippen LogP contribution in [0.4, 0.5) is 22.9 Å². The number of hydrogen-bond donors (Lipinski definition) is 2. The minimum atomic E-state index is -1.21. The molecular formula is C19H22IN8OPS. The predicted molar refractivity (Wildman–Crippen MR) is 139 cm³/mol. The standard InChI is InChI=1S/C19H22IN8OPS/c1-11-23-18-15(8-17(21)25-19(18)28(11)30-20)24-14-6-5-12(13-9-22-26(2)10-13)7-16(14)27(3)31(4)29/h5-10,30H,1-4H3,(H3,21,24,25). The molecule has 0 saturated carbocycles. The van der Waals surface area contributed by atoms with Crippen molar-refractivity contribution in [2.45, 2.75) is 6.92 Å². The van der Waals surface area contributed by atoms with E-state index in [0.717, 1.165) is 45.2 Å². The molecule has 4 rings (SSSR count). The molecule has 2 atom stereocenters. The van der Waals surface area contributed by atoms with E-state index in [-0.39, 0.29) is 0 Å². The summed E-state index contributed by atoms with van der Waals surface area (Å²) in [4.78, 5) is 9.18. The molecule has 3 N–H and O–H groups in total. The molecule has 0 bridgehead atoms. The number of aryl methyl sites for hydroxylation is 2. The highest BCUT2D eigenvalue weighted by Gasteiger charge is 2.17. The Morgan fingerprint density at radius 1 is 1.23 bits per heavy atom. The minimum absolute atomic E-state index is 0.409. The van der Waals surface area contributed by atoms with Gasteiger partial charge in [0.15, 0.2) is 5.65 Å². The van der Waals surface area contributed by atoms with Gasteiger partial charge in [0.05, 0.1) is 29.6 Å². The van der Waals surface area contributed by atoms with Crippen molar-refractivity contribution in [3.63, 3.8) is 0 Å². The van der Waals surface area contributed by atoms with Gasteiger partial charge in [-0.3, -0.25) is 13.3 Å². The fourth-order valence-electron chi connectivity index (χ4n) is 3.30. The number of rotatable bonds is 6. The summed E-state index contributed by atoms with van der Waals surface area (Å²) >= 11 is 2.30. The number of nitrogens with two attached hydrogens (primary N) is 1. The third kappa shape index (κ3) is 4.26. The van der Waals surface area contributed by atoms with Gasteiger partial charge in [0.25, 0.3) is 0 Å². The number of halogens is 1. The van der Waals surface area contributed by atoms with Crippen LogP contribution in [0.5, 0.6) is 0 Å². The number of imidazole rings is 1. The van der Waals surface area contributed by atoms with Gasteiger partial charge in [-0.2, -0.15) is 5.10 Å². The smallest absolute Gasteiger partial charge is 0.168 e. The summed E-state index contributed by atoms with van der Waals surface area (Å²) in [6.45, 7) is 1.95. The van der Waals surface area contributed by atoms with E-state index >= 15 is 0 Å². The Balaban J connectivity index is 1.84. The van der Waals surface area contributed by atoms with Crippen LogP contribution in [0, 0.1) is 6.92 Å². The highest BCUT2D eigenvalue weighted by molar-refractivity contribution is 14.2. The Labute approximate surface area is 197 Å². The summed E-state index contributed by atoms with van der Waals surface area (Å²) in [5.74, 6) is 1.29. The molecule has 0 aliphatic heterocycles. The Morgan fingerprint density at radius 3 is 2.65 bits per heavy atom. The number of benzene rings is 1. The van der Waals surface area contributed by atoms with Crippen LogP contribution in [0.2, 0.25) is 0 Å². The Hall–Kier alpha value is -2.24. The Morgan fingerprint density at radius 2 is 2.00 bits per heavy atom. The molecule has 3 heterocycles. The van der Waals surface area contributed by atoms with Gasteiger partial charge in [-0.25, -0.2) is 14.2 Å². The summed E-state index contributed by atoms with van der Waals surface area (Å²) in [5.41, 5.74) is 11.9. The summed E-state index contributed by atoms with van der Waals surface area (Å²) in [7, 11) is 2.48. The van der Waals surface area contributed by atoms with Gasteiger partial charge >= 0.3 is 0 Å². The second-order valence-electron chi connectivity index (χ2n) is 7.03. The highest BCUT2D eigenvalue weighted by atomic mass is 127. The van der Waals surface area contributed by atoms with E-state index in [1.54, 1.807) is 28.4 Å². The van der Waals surface area contributed by atoms with E-state index in [1.807, 2.05) is 48.9 Å².